The molecule has 2 N–H and O–H groups in total. The van der Waals surface area contributed by atoms with Gasteiger partial charge in [0.25, 0.3) is 0 Å². The molecule has 0 fully saturated rings. The highest BCUT2D eigenvalue weighted by Crippen LogP contribution is 2.24. The molecule has 1 aliphatic rings. The first kappa shape index (κ1) is 7.88. The molecule has 14 heavy (non-hydrogen) atoms. The number of aromatic nitrogens is 1. The molecular weight excluding hydrogens is 176 g/mol. The van der Waals surface area contributed by atoms with E-state index in [1.54, 1.807) is 6.07 Å². The SMILES string of the molecule is Oc1ccc2cc3n(c2c1)CCNC3. The molecule has 0 spiro atoms. The molecule has 3 heteroatoms. The number of phenolic OH excluding ortho intramolecular Hbond substituents is 1. The zero-order chi connectivity index (χ0) is 9.54. The maximum absolute atomic E-state index is 9.42. The number of aromatic hydroxyl groups is 1. The topological polar surface area (TPSA) is 37.2 Å². The van der Waals surface area contributed by atoms with Crippen LogP contribution < -0.4 is 5.32 Å². The van der Waals surface area contributed by atoms with Gasteiger partial charge in [0, 0.05) is 36.8 Å². The second-order valence-electron chi connectivity index (χ2n) is 3.71. The average Bonchev–Trinajstić information content (AvgIpc) is 2.56. The molecule has 1 aromatic carbocycles. The first-order valence-electron chi connectivity index (χ1n) is 4.86. The van der Waals surface area contributed by atoms with Gasteiger partial charge < -0.3 is 15.0 Å². The minimum absolute atomic E-state index is 0.344. The number of phenols is 1. The molecule has 3 rings (SSSR count). The van der Waals surface area contributed by atoms with Gasteiger partial charge >= 0.3 is 0 Å². The van der Waals surface area contributed by atoms with E-state index in [0.717, 1.165) is 25.2 Å². The molecule has 0 saturated heterocycles. The van der Waals surface area contributed by atoms with E-state index in [1.165, 1.54) is 11.1 Å². The van der Waals surface area contributed by atoms with Gasteiger partial charge in [0.2, 0.25) is 0 Å². The molecule has 0 atom stereocenters. The third-order valence-electron chi connectivity index (χ3n) is 2.79. The molecule has 72 valence electrons. The lowest BCUT2D eigenvalue weighted by Gasteiger charge is -2.17. The van der Waals surface area contributed by atoms with Crippen molar-refractivity contribution >= 4 is 10.9 Å². The third kappa shape index (κ3) is 1.02. The zero-order valence-corrected chi connectivity index (χ0v) is 7.83. The van der Waals surface area contributed by atoms with Crippen LogP contribution in [-0.2, 0) is 13.1 Å². The summed E-state index contributed by atoms with van der Waals surface area (Å²) < 4.78 is 2.27. The normalized spacial score (nSPS) is 15.7. The predicted molar refractivity (Wildman–Crippen MR) is 55.3 cm³/mol. The molecule has 1 aliphatic heterocycles. The summed E-state index contributed by atoms with van der Waals surface area (Å²) in [5.41, 5.74) is 2.44. The Hall–Kier alpha value is -1.48. The van der Waals surface area contributed by atoms with Gasteiger partial charge in [-0.1, -0.05) is 0 Å². The van der Waals surface area contributed by atoms with Crippen LogP contribution in [0.2, 0.25) is 0 Å². The van der Waals surface area contributed by atoms with Crippen molar-refractivity contribution in [2.75, 3.05) is 6.54 Å². The Morgan fingerprint density at radius 1 is 1.29 bits per heavy atom. The maximum atomic E-state index is 9.42. The van der Waals surface area contributed by atoms with E-state index in [1.807, 2.05) is 12.1 Å². The van der Waals surface area contributed by atoms with Crippen LogP contribution >= 0.6 is 0 Å². The summed E-state index contributed by atoms with van der Waals surface area (Å²) in [6.45, 7) is 2.92. The van der Waals surface area contributed by atoms with Crippen LogP contribution in [-0.4, -0.2) is 16.2 Å². The monoisotopic (exact) mass is 188 g/mol. The number of rotatable bonds is 0. The minimum Gasteiger partial charge on any atom is -0.508 e. The van der Waals surface area contributed by atoms with Crippen LogP contribution in [0.4, 0.5) is 0 Å². The van der Waals surface area contributed by atoms with Crippen molar-refractivity contribution in [3.8, 4) is 5.75 Å². The van der Waals surface area contributed by atoms with Crippen LogP contribution in [0, 0.1) is 0 Å². The highest BCUT2D eigenvalue weighted by Gasteiger charge is 2.11. The smallest absolute Gasteiger partial charge is 0.117 e. The summed E-state index contributed by atoms with van der Waals surface area (Å²) in [5.74, 6) is 0.344. The summed E-state index contributed by atoms with van der Waals surface area (Å²) in [4.78, 5) is 0. The molecule has 2 aromatic rings. The van der Waals surface area contributed by atoms with E-state index >= 15 is 0 Å². The van der Waals surface area contributed by atoms with Gasteiger partial charge in [-0.15, -0.1) is 0 Å². The van der Waals surface area contributed by atoms with E-state index in [2.05, 4.69) is 16.0 Å². The molecule has 1 aromatic heterocycles. The van der Waals surface area contributed by atoms with Crippen LogP contribution in [0.5, 0.6) is 5.75 Å². The number of hydrogen-bond donors (Lipinski definition) is 2. The van der Waals surface area contributed by atoms with Crippen molar-refractivity contribution in [1.29, 1.82) is 0 Å². The summed E-state index contributed by atoms with van der Waals surface area (Å²) in [6.07, 6.45) is 0. The Labute approximate surface area is 82.0 Å². The molecule has 3 nitrogen and oxygen atoms in total. The zero-order valence-electron chi connectivity index (χ0n) is 7.83. The molecule has 0 aliphatic carbocycles. The second kappa shape index (κ2) is 2.75. The average molecular weight is 188 g/mol. The largest absolute Gasteiger partial charge is 0.508 e. The predicted octanol–water partition coefficient (Wildman–Crippen LogP) is 1.45. The molecule has 0 amide bonds. The van der Waals surface area contributed by atoms with Gasteiger partial charge in [0.05, 0.1) is 5.52 Å². The van der Waals surface area contributed by atoms with Crippen LogP contribution in [0.1, 0.15) is 5.69 Å². The molecule has 0 radical (unpaired) electrons. The maximum Gasteiger partial charge on any atom is 0.117 e. The standard InChI is InChI=1S/C11H12N2O/c14-10-2-1-8-5-9-7-12-3-4-13(9)11(8)6-10/h1-2,5-6,12,14H,3-4,7H2. The van der Waals surface area contributed by atoms with Crippen molar-refractivity contribution in [3.05, 3.63) is 30.0 Å². The fourth-order valence-electron chi connectivity index (χ4n) is 2.12. The van der Waals surface area contributed by atoms with E-state index in [9.17, 15) is 5.11 Å². The fourth-order valence-corrected chi connectivity index (χ4v) is 2.12. The van der Waals surface area contributed by atoms with E-state index in [4.69, 9.17) is 0 Å². The Morgan fingerprint density at radius 2 is 2.21 bits per heavy atom. The van der Waals surface area contributed by atoms with Gasteiger partial charge in [-0.2, -0.15) is 0 Å². The summed E-state index contributed by atoms with van der Waals surface area (Å²) in [5, 5.41) is 14.0. The molecule has 2 heterocycles. The first-order valence-corrected chi connectivity index (χ1v) is 4.86. The van der Waals surface area contributed by atoms with Crippen molar-refractivity contribution in [1.82, 2.24) is 9.88 Å². The Kier molecular flexibility index (Phi) is 1.55. The van der Waals surface area contributed by atoms with Crippen molar-refractivity contribution in [3.63, 3.8) is 0 Å². The van der Waals surface area contributed by atoms with E-state index in [-0.39, 0.29) is 0 Å². The van der Waals surface area contributed by atoms with Gasteiger partial charge in [0.1, 0.15) is 5.75 Å². The summed E-state index contributed by atoms with van der Waals surface area (Å²) in [6, 6.07) is 7.73. The quantitative estimate of drug-likeness (QED) is 0.656. The highest BCUT2D eigenvalue weighted by molar-refractivity contribution is 5.82. The molecule has 0 unspecified atom stereocenters. The number of benzene rings is 1. The van der Waals surface area contributed by atoms with E-state index in [0.29, 0.717) is 5.75 Å². The number of nitrogens with zero attached hydrogens (tertiary/aromatic N) is 1. The number of fused-ring (bicyclic) bond motifs is 3. The lowest BCUT2D eigenvalue weighted by atomic mass is 10.2. The highest BCUT2D eigenvalue weighted by atomic mass is 16.3. The number of hydrogen-bond acceptors (Lipinski definition) is 2. The minimum atomic E-state index is 0.344. The number of nitrogens with one attached hydrogen (secondary N) is 1. The van der Waals surface area contributed by atoms with Gasteiger partial charge in [-0.25, -0.2) is 0 Å². The summed E-state index contributed by atoms with van der Waals surface area (Å²) in [7, 11) is 0. The van der Waals surface area contributed by atoms with Crippen LogP contribution in [0.25, 0.3) is 10.9 Å². The lowest BCUT2D eigenvalue weighted by molar-refractivity contribution is 0.475. The van der Waals surface area contributed by atoms with Gasteiger partial charge in [0.15, 0.2) is 0 Å². The fraction of sp³-hybridized carbons (Fsp3) is 0.273. The van der Waals surface area contributed by atoms with Crippen molar-refractivity contribution < 1.29 is 5.11 Å². The van der Waals surface area contributed by atoms with Crippen molar-refractivity contribution in [2.45, 2.75) is 13.1 Å². The van der Waals surface area contributed by atoms with Crippen LogP contribution in [0.3, 0.4) is 0 Å². The second-order valence-corrected chi connectivity index (χ2v) is 3.71. The van der Waals surface area contributed by atoms with Crippen molar-refractivity contribution in [2.24, 2.45) is 0 Å². The molecule has 0 bridgehead atoms. The third-order valence-corrected chi connectivity index (χ3v) is 2.79. The molecule has 0 saturated carbocycles. The Balaban J connectivity index is 2.32. The molecular formula is C11H12N2O. The first-order chi connectivity index (χ1) is 6.84. The Morgan fingerprint density at radius 3 is 3.14 bits per heavy atom. The van der Waals surface area contributed by atoms with E-state index < -0.39 is 0 Å². The summed E-state index contributed by atoms with van der Waals surface area (Å²) >= 11 is 0. The lowest BCUT2D eigenvalue weighted by Crippen LogP contribution is -2.27. The van der Waals surface area contributed by atoms with Gasteiger partial charge in [-0.3, -0.25) is 0 Å². The van der Waals surface area contributed by atoms with Gasteiger partial charge in [-0.05, 0) is 18.2 Å². The van der Waals surface area contributed by atoms with Crippen LogP contribution in [0.15, 0.2) is 24.3 Å². The Bertz CT molecular complexity index is 487.